The Morgan fingerprint density at radius 1 is 0.315 bits per heavy atom. The lowest BCUT2D eigenvalue weighted by Crippen LogP contribution is -2.23. The molecule has 0 spiro atoms. The molecule has 0 aliphatic carbocycles. The normalized spacial score (nSPS) is 11.4. The maximum Gasteiger partial charge on any atom is 0.240 e. The summed E-state index contributed by atoms with van der Waals surface area (Å²) in [5, 5.41) is 0. The smallest absolute Gasteiger partial charge is 0.207 e. The molecule has 6 rings (SSSR count). The predicted molar refractivity (Wildman–Crippen MR) is 215 cm³/mol. The first-order valence-electron chi connectivity index (χ1n) is 17.0. The van der Waals surface area contributed by atoms with E-state index in [1.807, 2.05) is 112 Å². The molecule has 0 aliphatic rings. The van der Waals surface area contributed by atoms with Gasteiger partial charge in [-0.05, 0) is 73.9 Å². The van der Waals surface area contributed by atoms with Gasteiger partial charge in [-0.1, -0.05) is 144 Å². The van der Waals surface area contributed by atoms with Crippen molar-refractivity contribution >= 4 is 30.1 Å². The summed E-state index contributed by atoms with van der Waals surface area (Å²) in [4.78, 5) is 0.886. The highest BCUT2D eigenvalue weighted by Gasteiger charge is 2.15. The zero-order valence-corrected chi connectivity index (χ0v) is 32.8. The van der Waals surface area contributed by atoms with Crippen molar-refractivity contribution in [3.63, 3.8) is 0 Å². The molecule has 0 aromatic heterocycles. The van der Waals surface area contributed by atoms with Crippen molar-refractivity contribution in [1.29, 1.82) is 0 Å². The lowest BCUT2D eigenvalue weighted by Gasteiger charge is -2.07. The third kappa shape index (κ3) is 13.8. The largest absolute Gasteiger partial charge is 0.240 e. The maximum absolute atomic E-state index is 12.0. The van der Waals surface area contributed by atoms with E-state index >= 15 is 0 Å². The predicted octanol–water partition coefficient (Wildman–Crippen LogP) is 7.42. The Balaban J connectivity index is 0.000000180. The van der Waals surface area contributed by atoms with Crippen LogP contribution in [0.3, 0.4) is 0 Å². The van der Waals surface area contributed by atoms with Gasteiger partial charge in [-0.2, -0.15) is 0 Å². The highest BCUT2D eigenvalue weighted by atomic mass is 32.2. The molecule has 12 heteroatoms. The molecule has 0 heterocycles. The molecule has 0 bridgehead atoms. The summed E-state index contributed by atoms with van der Waals surface area (Å²) in [6.45, 7) is 6.68. The van der Waals surface area contributed by atoms with Crippen molar-refractivity contribution in [3.05, 3.63) is 197 Å². The fourth-order valence-corrected chi connectivity index (χ4v) is 7.78. The Hall–Kier alpha value is -4.95. The second-order valence-corrected chi connectivity index (χ2v) is 17.7. The van der Waals surface area contributed by atoms with Gasteiger partial charge in [0, 0.05) is 19.6 Å². The third-order valence-electron chi connectivity index (χ3n) is 7.92. The molecule has 0 saturated heterocycles. The van der Waals surface area contributed by atoms with Crippen molar-refractivity contribution in [3.8, 4) is 0 Å². The van der Waals surface area contributed by atoms with Crippen LogP contribution in [0.15, 0.2) is 178 Å². The topological polar surface area (TPSA) is 139 Å². The zero-order valence-electron chi connectivity index (χ0n) is 30.4. The fourth-order valence-electron chi connectivity index (χ4n) is 4.72. The monoisotopic (exact) mass is 783 g/mol. The minimum Gasteiger partial charge on any atom is -0.207 e. The van der Waals surface area contributed by atoms with Gasteiger partial charge in [0.2, 0.25) is 30.1 Å². The summed E-state index contributed by atoms with van der Waals surface area (Å²) in [5.41, 5.74) is 5.93. The van der Waals surface area contributed by atoms with Crippen LogP contribution in [0.25, 0.3) is 0 Å². The van der Waals surface area contributed by atoms with Crippen LogP contribution in [0.2, 0.25) is 0 Å². The Morgan fingerprint density at radius 3 is 0.722 bits per heavy atom. The van der Waals surface area contributed by atoms with Crippen LogP contribution in [-0.4, -0.2) is 25.3 Å². The second-order valence-electron chi connectivity index (χ2n) is 12.4. The van der Waals surface area contributed by atoms with E-state index in [2.05, 4.69) is 14.2 Å². The van der Waals surface area contributed by atoms with Gasteiger partial charge in [-0.15, -0.1) is 0 Å². The fraction of sp³-hybridized carbons (Fsp3) is 0.143. The molecule has 0 saturated carbocycles. The molecule has 0 amide bonds. The van der Waals surface area contributed by atoms with Crippen LogP contribution in [0.5, 0.6) is 0 Å². The molecule has 0 unspecified atom stereocenters. The third-order valence-corrected chi connectivity index (χ3v) is 12.2. The second kappa shape index (κ2) is 19.9. The molecule has 282 valence electrons. The van der Waals surface area contributed by atoms with E-state index in [0.29, 0.717) is 34.3 Å². The Bertz CT molecular complexity index is 2090. The Morgan fingerprint density at radius 2 is 0.519 bits per heavy atom. The van der Waals surface area contributed by atoms with E-state index in [-0.39, 0.29) is 0 Å². The van der Waals surface area contributed by atoms with Crippen molar-refractivity contribution in [2.45, 2.75) is 55.1 Å². The van der Waals surface area contributed by atoms with Gasteiger partial charge in [0.15, 0.2) is 0 Å². The van der Waals surface area contributed by atoms with Crippen molar-refractivity contribution in [1.82, 2.24) is 14.2 Å². The zero-order chi connectivity index (χ0) is 39.0. The van der Waals surface area contributed by atoms with Gasteiger partial charge in [-0.25, -0.2) is 39.4 Å². The summed E-state index contributed by atoms with van der Waals surface area (Å²) in [7, 11) is -10.3. The standard InChI is InChI=1S/3C14H15NO2S/c3*1-12-7-9-14(10-8-12)18(16,17)15-11-13-5-3-2-4-6-13/h3*2-10,15H,11H2,1H3. The molecule has 0 fully saturated rings. The average molecular weight is 784 g/mol. The number of nitrogens with one attached hydrogen (secondary N) is 3. The molecule has 54 heavy (non-hydrogen) atoms. The minimum absolute atomic E-state index is 0.295. The molecule has 9 nitrogen and oxygen atoms in total. The SMILES string of the molecule is Cc1ccc(S(=O)(=O)NCc2ccccc2)cc1.Cc1ccc(S(=O)(=O)NCc2ccccc2)cc1.Cc1ccc(S(=O)(=O)NCc2ccccc2)cc1. The number of aryl methyl sites for hydroxylation is 3. The van der Waals surface area contributed by atoms with E-state index < -0.39 is 30.1 Å². The lowest BCUT2D eigenvalue weighted by atomic mass is 10.2. The average Bonchev–Trinajstić information content (AvgIpc) is 3.18. The van der Waals surface area contributed by atoms with Crippen LogP contribution < -0.4 is 14.2 Å². The first kappa shape index (κ1) is 41.8. The molecule has 6 aromatic carbocycles. The summed E-state index contributed by atoms with van der Waals surface area (Å²) in [6.07, 6.45) is 0. The molecule has 0 atom stereocenters. The quantitative estimate of drug-likeness (QED) is 0.118. The van der Waals surface area contributed by atoms with Crippen LogP contribution >= 0.6 is 0 Å². The molecular formula is C42H45N3O6S3. The van der Waals surface area contributed by atoms with Crippen LogP contribution in [0, 0.1) is 20.8 Å². The number of hydrogen-bond donors (Lipinski definition) is 3. The van der Waals surface area contributed by atoms with Crippen LogP contribution in [0.1, 0.15) is 33.4 Å². The van der Waals surface area contributed by atoms with E-state index in [1.165, 1.54) is 0 Å². The molecule has 0 radical (unpaired) electrons. The van der Waals surface area contributed by atoms with E-state index in [9.17, 15) is 25.3 Å². The van der Waals surface area contributed by atoms with Gasteiger partial charge in [-0.3, -0.25) is 0 Å². The summed E-state index contributed by atoms with van der Waals surface area (Å²) in [6, 6.07) is 48.7. The Kier molecular flexibility index (Phi) is 15.4. The first-order valence-corrected chi connectivity index (χ1v) is 21.5. The van der Waals surface area contributed by atoms with E-state index in [1.54, 1.807) is 72.8 Å². The lowest BCUT2D eigenvalue weighted by molar-refractivity contribution is 0.579. The van der Waals surface area contributed by atoms with E-state index in [4.69, 9.17) is 0 Å². The minimum atomic E-state index is -3.43. The van der Waals surface area contributed by atoms with Crippen LogP contribution in [0.4, 0.5) is 0 Å². The highest BCUT2D eigenvalue weighted by Crippen LogP contribution is 2.13. The van der Waals surface area contributed by atoms with E-state index in [0.717, 1.165) is 33.4 Å². The number of rotatable bonds is 12. The van der Waals surface area contributed by atoms with Gasteiger partial charge >= 0.3 is 0 Å². The summed E-state index contributed by atoms with van der Waals surface area (Å²) >= 11 is 0. The first-order chi connectivity index (χ1) is 25.7. The molecule has 6 aromatic rings. The van der Waals surface area contributed by atoms with Crippen molar-refractivity contribution < 1.29 is 25.3 Å². The number of sulfonamides is 3. The Labute approximate surface area is 320 Å². The van der Waals surface area contributed by atoms with Crippen molar-refractivity contribution in [2.75, 3.05) is 0 Å². The summed E-state index contributed by atoms with van der Waals surface area (Å²) < 4.78 is 79.8. The molecular weight excluding hydrogens is 739 g/mol. The van der Waals surface area contributed by atoms with Gasteiger partial charge < -0.3 is 0 Å². The maximum atomic E-state index is 12.0. The van der Waals surface area contributed by atoms with Crippen molar-refractivity contribution in [2.24, 2.45) is 0 Å². The van der Waals surface area contributed by atoms with Gasteiger partial charge in [0.25, 0.3) is 0 Å². The molecule has 3 N–H and O–H groups in total. The summed E-state index contributed by atoms with van der Waals surface area (Å²) in [5.74, 6) is 0. The van der Waals surface area contributed by atoms with Gasteiger partial charge in [0.1, 0.15) is 0 Å². The number of hydrogen-bond acceptors (Lipinski definition) is 6. The molecule has 0 aliphatic heterocycles. The highest BCUT2D eigenvalue weighted by molar-refractivity contribution is 7.90. The number of benzene rings is 6. The van der Waals surface area contributed by atoms with Crippen LogP contribution in [-0.2, 0) is 49.7 Å². The van der Waals surface area contributed by atoms with Gasteiger partial charge in [0.05, 0.1) is 14.7 Å².